The number of guanidine groups is 1. The fourth-order valence-corrected chi connectivity index (χ4v) is 3.63. The number of hydrogen-bond donors (Lipinski definition) is 3. The maximum Gasteiger partial charge on any atom is 0.251 e. The first-order valence-electron chi connectivity index (χ1n) is 10.4. The van der Waals surface area contributed by atoms with E-state index in [4.69, 9.17) is 9.73 Å². The van der Waals surface area contributed by atoms with Gasteiger partial charge in [-0.2, -0.15) is 0 Å². The van der Waals surface area contributed by atoms with Crippen molar-refractivity contribution in [2.24, 2.45) is 4.99 Å². The minimum absolute atomic E-state index is 0. The molecule has 1 aliphatic rings. The van der Waals surface area contributed by atoms with E-state index in [1.807, 2.05) is 36.4 Å². The van der Waals surface area contributed by atoms with Crippen LogP contribution in [0, 0.1) is 0 Å². The number of rotatable bonds is 7. The number of methoxy groups -OCH3 is 1. The lowest BCUT2D eigenvalue weighted by atomic mass is 10.1. The fourth-order valence-electron chi connectivity index (χ4n) is 3.63. The van der Waals surface area contributed by atoms with Crippen LogP contribution in [0.5, 0.6) is 5.75 Å². The lowest BCUT2D eigenvalue weighted by Crippen LogP contribution is -2.44. The van der Waals surface area contributed by atoms with Crippen molar-refractivity contribution >= 4 is 41.5 Å². The normalized spacial score (nSPS) is 15.8. The number of nitrogens with one attached hydrogen (secondary N) is 3. The third-order valence-electron chi connectivity index (χ3n) is 5.14. The molecular formula is C23H32IN5O2. The van der Waals surface area contributed by atoms with E-state index >= 15 is 0 Å². The van der Waals surface area contributed by atoms with E-state index in [0.717, 1.165) is 49.0 Å². The van der Waals surface area contributed by atoms with E-state index in [1.54, 1.807) is 20.2 Å². The van der Waals surface area contributed by atoms with Gasteiger partial charge in [-0.15, -0.1) is 24.0 Å². The van der Waals surface area contributed by atoms with E-state index in [-0.39, 0.29) is 29.9 Å². The third-order valence-corrected chi connectivity index (χ3v) is 5.14. The molecular weight excluding hydrogens is 505 g/mol. The van der Waals surface area contributed by atoms with E-state index in [2.05, 4.69) is 33.8 Å². The average molecular weight is 537 g/mol. The molecule has 0 radical (unpaired) electrons. The quantitative estimate of drug-likeness (QED) is 0.288. The highest BCUT2D eigenvalue weighted by molar-refractivity contribution is 14.0. The number of carbonyl (C=O) groups is 1. The van der Waals surface area contributed by atoms with Gasteiger partial charge in [0.2, 0.25) is 0 Å². The fraction of sp³-hybridized carbons (Fsp3) is 0.391. The molecule has 0 saturated carbocycles. The van der Waals surface area contributed by atoms with Crippen molar-refractivity contribution in [3.63, 3.8) is 0 Å². The molecule has 0 aromatic heterocycles. The number of aliphatic imine (C=N–C) groups is 1. The Morgan fingerprint density at radius 2 is 2.03 bits per heavy atom. The van der Waals surface area contributed by atoms with Crippen LogP contribution in [-0.2, 0) is 6.54 Å². The van der Waals surface area contributed by atoms with Crippen molar-refractivity contribution in [1.29, 1.82) is 0 Å². The van der Waals surface area contributed by atoms with Crippen molar-refractivity contribution in [1.82, 2.24) is 16.0 Å². The Morgan fingerprint density at radius 1 is 1.23 bits per heavy atom. The smallest absolute Gasteiger partial charge is 0.251 e. The predicted octanol–water partition coefficient (Wildman–Crippen LogP) is 3.01. The van der Waals surface area contributed by atoms with Crippen LogP contribution >= 0.6 is 24.0 Å². The number of anilines is 1. The predicted molar refractivity (Wildman–Crippen MR) is 137 cm³/mol. The van der Waals surface area contributed by atoms with Gasteiger partial charge in [-0.3, -0.25) is 4.79 Å². The second-order valence-corrected chi connectivity index (χ2v) is 7.22. The van der Waals surface area contributed by atoms with E-state index in [0.29, 0.717) is 18.2 Å². The molecule has 1 saturated heterocycles. The number of halogens is 1. The van der Waals surface area contributed by atoms with Crippen LogP contribution in [0.3, 0.4) is 0 Å². The summed E-state index contributed by atoms with van der Waals surface area (Å²) in [6.07, 6.45) is 1.02. The van der Waals surface area contributed by atoms with Crippen molar-refractivity contribution in [2.75, 3.05) is 38.7 Å². The van der Waals surface area contributed by atoms with Crippen molar-refractivity contribution in [3.8, 4) is 5.75 Å². The molecule has 168 valence electrons. The minimum atomic E-state index is -0.0896. The van der Waals surface area contributed by atoms with E-state index in [9.17, 15) is 4.79 Å². The highest BCUT2D eigenvalue weighted by Gasteiger charge is 2.25. The van der Waals surface area contributed by atoms with Gasteiger partial charge in [0.25, 0.3) is 5.91 Å². The van der Waals surface area contributed by atoms with Gasteiger partial charge < -0.3 is 25.6 Å². The lowest BCUT2D eigenvalue weighted by molar-refractivity contribution is 0.0963. The molecule has 1 amide bonds. The molecule has 1 atom stereocenters. The molecule has 2 aromatic rings. The van der Waals surface area contributed by atoms with Crippen LogP contribution in [0.2, 0.25) is 0 Å². The van der Waals surface area contributed by atoms with E-state index < -0.39 is 0 Å². The zero-order chi connectivity index (χ0) is 21.3. The van der Waals surface area contributed by atoms with Gasteiger partial charge in [-0.05, 0) is 43.2 Å². The van der Waals surface area contributed by atoms with E-state index in [1.165, 1.54) is 0 Å². The van der Waals surface area contributed by atoms with Gasteiger partial charge >= 0.3 is 0 Å². The summed E-state index contributed by atoms with van der Waals surface area (Å²) >= 11 is 0. The molecule has 7 nitrogen and oxygen atoms in total. The second kappa shape index (κ2) is 12.4. The molecule has 1 unspecified atom stereocenters. The molecule has 31 heavy (non-hydrogen) atoms. The Labute approximate surface area is 201 Å². The van der Waals surface area contributed by atoms with Crippen LogP contribution < -0.4 is 25.6 Å². The Bertz CT molecular complexity index is 890. The summed E-state index contributed by atoms with van der Waals surface area (Å²) in [5, 5.41) is 9.53. The molecule has 2 aromatic carbocycles. The SMILES string of the molecule is CCNC(=NCc1cccc(C(=O)NC)c1)NC1CCN(c2ccccc2OC)C1.I. The van der Waals surface area contributed by atoms with Crippen molar-refractivity contribution in [2.45, 2.75) is 25.9 Å². The monoisotopic (exact) mass is 537 g/mol. The number of hydrogen-bond acceptors (Lipinski definition) is 4. The topological polar surface area (TPSA) is 78.0 Å². The van der Waals surface area contributed by atoms with Gasteiger partial charge in [-0.25, -0.2) is 4.99 Å². The zero-order valence-corrected chi connectivity index (χ0v) is 20.7. The van der Waals surface area contributed by atoms with Crippen LogP contribution in [0.25, 0.3) is 0 Å². The first kappa shape index (κ1) is 24.8. The number of amides is 1. The summed E-state index contributed by atoms with van der Waals surface area (Å²) in [4.78, 5) is 18.9. The molecule has 8 heteroatoms. The number of ether oxygens (including phenoxy) is 1. The summed E-state index contributed by atoms with van der Waals surface area (Å²) in [6, 6.07) is 16.0. The van der Waals surface area contributed by atoms with Crippen LogP contribution in [0.15, 0.2) is 53.5 Å². The van der Waals surface area contributed by atoms with Crippen molar-refractivity contribution in [3.05, 3.63) is 59.7 Å². The standard InChI is InChI=1S/C23H31N5O2.HI/c1-4-25-23(26-15-17-8-7-9-18(14-17)22(29)24-2)27-19-12-13-28(16-19)20-10-5-6-11-21(20)30-3;/h5-11,14,19H,4,12-13,15-16H2,1-3H3,(H,24,29)(H2,25,26,27);1H. The molecule has 0 bridgehead atoms. The number of carbonyl (C=O) groups excluding carboxylic acids is 1. The highest BCUT2D eigenvalue weighted by atomic mass is 127. The summed E-state index contributed by atoms with van der Waals surface area (Å²) in [6.45, 7) is 5.19. The summed E-state index contributed by atoms with van der Waals surface area (Å²) in [7, 11) is 3.34. The second-order valence-electron chi connectivity index (χ2n) is 7.22. The van der Waals surface area contributed by atoms with Gasteiger partial charge in [-0.1, -0.05) is 24.3 Å². The molecule has 1 aliphatic heterocycles. The van der Waals surface area contributed by atoms with Gasteiger partial charge in [0.15, 0.2) is 5.96 Å². The molecule has 3 rings (SSSR count). The number of benzene rings is 2. The zero-order valence-electron chi connectivity index (χ0n) is 18.4. The first-order chi connectivity index (χ1) is 14.6. The Balaban J connectivity index is 0.00000341. The summed E-state index contributed by atoms with van der Waals surface area (Å²) in [5.74, 6) is 1.60. The molecule has 1 heterocycles. The number of para-hydroxylation sites is 2. The van der Waals surface area contributed by atoms with Crippen LogP contribution in [0.1, 0.15) is 29.3 Å². The highest BCUT2D eigenvalue weighted by Crippen LogP contribution is 2.30. The lowest BCUT2D eigenvalue weighted by Gasteiger charge is -2.22. The molecule has 1 fully saturated rings. The van der Waals surface area contributed by atoms with Crippen LogP contribution in [0.4, 0.5) is 5.69 Å². The first-order valence-corrected chi connectivity index (χ1v) is 10.4. The van der Waals surface area contributed by atoms with Crippen LogP contribution in [-0.4, -0.2) is 51.7 Å². The average Bonchev–Trinajstić information content (AvgIpc) is 3.25. The van der Waals surface area contributed by atoms with Gasteiger partial charge in [0, 0.05) is 38.3 Å². The summed E-state index contributed by atoms with van der Waals surface area (Å²) < 4.78 is 5.51. The Kier molecular flexibility index (Phi) is 9.90. The summed E-state index contributed by atoms with van der Waals surface area (Å²) in [5.41, 5.74) is 2.76. The maximum atomic E-state index is 11.8. The third kappa shape index (κ3) is 6.75. The Morgan fingerprint density at radius 3 is 2.77 bits per heavy atom. The number of nitrogens with zero attached hydrogens (tertiary/aromatic N) is 2. The minimum Gasteiger partial charge on any atom is -0.495 e. The molecule has 0 spiro atoms. The largest absolute Gasteiger partial charge is 0.495 e. The van der Waals surface area contributed by atoms with Gasteiger partial charge in [0.1, 0.15) is 5.75 Å². The van der Waals surface area contributed by atoms with Crippen molar-refractivity contribution < 1.29 is 9.53 Å². The van der Waals surface area contributed by atoms with Gasteiger partial charge in [0.05, 0.1) is 19.3 Å². The maximum absolute atomic E-state index is 11.8. The molecule has 3 N–H and O–H groups in total. The molecule has 0 aliphatic carbocycles. The Hall–Kier alpha value is -2.49.